The van der Waals surface area contributed by atoms with E-state index in [0.717, 1.165) is 0 Å². The van der Waals surface area contributed by atoms with E-state index in [1.54, 1.807) is 0 Å². The molecule has 0 aliphatic carbocycles. The Hall–Kier alpha value is 0.335. The van der Waals surface area contributed by atoms with Gasteiger partial charge >= 0.3 is 0 Å². The van der Waals surface area contributed by atoms with Gasteiger partial charge in [0, 0.05) is 25.4 Å². The van der Waals surface area contributed by atoms with Gasteiger partial charge in [0.25, 0.3) is 0 Å². The zero-order valence-corrected chi connectivity index (χ0v) is 13.5. The minimum Gasteiger partial charge on any atom is -0.396 e. The summed E-state index contributed by atoms with van der Waals surface area (Å²) in [6.45, 7) is 10.7. The van der Waals surface area contributed by atoms with E-state index in [4.69, 9.17) is 18.5 Å². The van der Waals surface area contributed by atoms with Gasteiger partial charge < -0.3 is 14.4 Å². The first-order chi connectivity index (χ1) is 9.33. The summed E-state index contributed by atoms with van der Waals surface area (Å²) >= 11 is 0. The van der Waals surface area contributed by atoms with Gasteiger partial charge in [0.2, 0.25) is 0 Å². The fourth-order valence-electron chi connectivity index (χ4n) is 2.67. The molecule has 0 aromatic rings. The highest BCUT2D eigenvalue weighted by atomic mass is 31.2. The van der Waals surface area contributed by atoms with Crippen molar-refractivity contribution in [2.45, 2.75) is 64.9 Å². The Morgan fingerprint density at radius 1 is 1.42 bits per heavy atom. The Kier molecular flexibility index (Phi) is 6.10. The average molecular weight is 288 g/mol. The molecule has 1 rings (SSSR count). The van der Waals surface area contributed by atoms with Crippen LogP contribution in [-0.4, -0.2) is 61.2 Å². The first-order valence-corrected chi connectivity index (χ1v) is 8.49. The highest BCUT2D eigenvalue weighted by Crippen LogP contribution is 2.45. The number of rotatable bonds is 6. The monoisotopic (exact) mass is 288 g/mol. The molecule has 1 fully saturated rings. The summed E-state index contributed by atoms with van der Waals surface area (Å²) < 4.78 is 21.6. The Morgan fingerprint density at radius 3 is 2.42 bits per heavy atom. The highest BCUT2D eigenvalue weighted by Gasteiger charge is 2.41. The second kappa shape index (κ2) is 7.37. The maximum absolute atomic E-state index is 9.48. The summed E-state index contributed by atoms with van der Waals surface area (Å²) in [7, 11) is 5.05. The second-order valence-electron chi connectivity index (χ2n) is 5.59. The zero-order valence-electron chi connectivity index (χ0n) is 13.6. The highest BCUT2D eigenvalue weighted by molar-refractivity contribution is 7.49. The normalized spacial score (nSPS) is 34.3. The number of aliphatic hydroxyl groups excluding tert-OH is 1. The fraction of sp³-hybridized carbons (Fsp3) is 1.00. The predicted molar refractivity (Wildman–Crippen MR) is 80.5 cm³/mol. The summed E-state index contributed by atoms with van der Waals surface area (Å²) in [6.07, 6.45) is -0.656. The summed E-state index contributed by atoms with van der Waals surface area (Å²) in [5.41, 5.74) is 0. The minimum absolute atomic E-state index is 0.0745. The van der Waals surface area contributed by atoms with Gasteiger partial charge in [-0.05, 0) is 41.3 Å². The van der Waals surface area contributed by atoms with Crippen LogP contribution in [0.15, 0.2) is 0 Å². The molecule has 0 amide bonds. The van der Waals surface area contributed by atoms with Gasteiger partial charge in [-0.1, -0.05) is 0 Å². The van der Waals surface area contributed by atoms with Crippen molar-refractivity contribution < 1.29 is 15.7 Å². The molecule has 0 aromatic heterocycles. The SMILES string of the molecule is [2H]C[C@H]1O[C@@H]([B])[C@H](CO)C1OP(C)N(C(C)C)C(C)C. The Labute approximate surface area is 121 Å². The van der Waals surface area contributed by atoms with Crippen molar-refractivity contribution >= 4 is 16.1 Å². The Balaban J connectivity index is 2.77. The molecule has 1 aliphatic heterocycles. The molecule has 110 valence electrons. The van der Waals surface area contributed by atoms with Gasteiger partial charge in [-0.25, -0.2) is 0 Å². The molecule has 6 heteroatoms. The molecule has 5 atom stereocenters. The fourth-order valence-corrected chi connectivity index (χ4v) is 4.73. The van der Waals surface area contributed by atoms with Crippen molar-refractivity contribution in [3.63, 3.8) is 0 Å². The molecular weight excluding hydrogens is 260 g/mol. The van der Waals surface area contributed by atoms with Gasteiger partial charge in [-0.15, -0.1) is 0 Å². The number of ether oxygens (including phenoxy) is 1. The molecule has 0 bridgehead atoms. The third kappa shape index (κ3) is 4.15. The Morgan fingerprint density at radius 2 is 2.00 bits per heavy atom. The van der Waals surface area contributed by atoms with Crippen molar-refractivity contribution in [1.29, 1.82) is 0 Å². The lowest BCUT2D eigenvalue weighted by molar-refractivity contribution is 0.0552. The summed E-state index contributed by atoms with van der Waals surface area (Å²) in [5, 5.41) is 9.48. The summed E-state index contributed by atoms with van der Waals surface area (Å²) in [5.74, 6) is -0.253. The van der Waals surface area contributed by atoms with Crippen molar-refractivity contribution in [3.05, 3.63) is 0 Å². The molecule has 19 heavy (non-hydrogen) atoms. The van der Waals surface area contributed by atoms with Gasteiger partial charge in [0.05, 0.1) is 18.8 Å². The lowest BCUT2D eigenvalue weighted by Gasteiger charge is -2.37. The summed E-state index contributed by atoms with van der Waals surface area (Å²) in [4.78, 5) is 0. The lowest BCUT2D eigenvalue weighted by atomic mass is 9.85. The van der Waals surface area contributed by atoms with Crippen molar-refractivity contribution in [3.8, 4) is 0 Å². The van der Waals surface area contributed by atoms with E-state index in [2.05, 4.69) is 39.0 Å². The zero-order chi connectivity index (χ0) is 15.4. The molecule has 4 nitrogen and oxygen atoms in total. The van der Waals surface area contributed by atoms with Gasteiger partial charge in [0.15, 0.2) is 0 Å². The van der Waals surface area contributed by atoms with Crippen molar-refractivity contribution in [2.75, 3.05) is 13.3 Å². The number of hydrogen-bond acceptors (Lipinski definition) is 4. The standard InChI is InChI=1S/C13H27BNO3P/c1-8(2)15(9(3)4)19(6)18-12-10(5)17-13(14)11(12)7-16/h8-13,16H,7H2,1-6H3/t10-,11-,12?,13-,19?/m1/s1/i5D. The van der Waals surface area contributed by atoms with E-state index in [1.807, 2.05) is 0 Å². The predicted octanol–water partition coefficient (Wildman–Crippen LogP) is 1.95. The van der Waals surface area contributed by atoms with Crippen LogP contribution in [0.4, 0.5) is 0 Å². The molecule has 2 unspecified atom stereocenters. The van der Waals surface area contributed by atoms with E-state index in [1.165, 1.54) is 0 Å². The summed E-state index contributed by atoms with van der Waals surface area (Å²) in [6, 6.07) is 0.212. The number of hydrogen-bond donors (Lipinski definition) is 1. The third-order valence-corrected chi connectivity index (χ3v) is 5.53. The molecule has 1 saturated heterocycles. The average Bonchev–Trinajstić information content (AvgIpc) is 2.63. The van der Waals surface area contributed by atoms with Crippen LogP contribution in [-0.2, 0) is 9.26 Å². The molecule has 1 aliphatic rings. The van der Waals surface area contributed by atoms with E-state index in [0.29, 0.717) is 12.1 Å². The minimum atomic E-state index is -0.814. The van der Waals surface area contributed by atoms with Crippen LogP contribution in [0, 0.1) is 5.92 Å². The first-order valence-electron chi connectivity index (χ1n) is 7.54. The van der Waals surface area contributed by atoms with E-state index >= 15 is 0 Å². The lowest BCUT2D eigenvalue weighted by Crippen LogP contribution is -2.37. The van der Waals surface area contributed by atoms with Crippen LogP contribution in [0.3, 0.4) is 0 Å². The quantitative estimate of drug-likeness (QED) is 0.599. The van der Waals surface area contributed by atoms with E-state index in [-0.39, 0.29) is 31.6 Å². The van der Waals surface area contributed by atoms with Gasteiger partial charge in [0.1, 0.15) is 16.1 Å². The molecule has 1 N–H and O–H groups in total. The van der Waals surface area contributed by atoms with Gasteiger partial charge in [-0.3, -0.25) is 4.67 Å². The van der Waals surface area contributed by atoms with Crippen LogP contribution in [0.5, 0.6) is 0 Å². The van der Waals surface area contributed by atoms with Crippen LogP contribution in [0.1, 0.15) is 36.0 Å². The number of aliphatic hydroxyl groups is 1. The largest absolute Gasteiger partial charge is 0.396 e. The molecule has 0 spiro atoms. The molecule has 1 heterocycles. The van der Waals surface area contributed by atoms with Crippen LogP contribution in [0.2, 0.25) is 0 Å². The van der Waals surface area contributed by atoms with E-state index < -0.39 is 14.3 Å². The molecule has 0 saturated carbocycles. The topological polar surface area (TPSA) is 41.9 Å². The van der Waals surface area contributed by atoms with Crippen LogP contribution < -0.4 is 0 Å². The van der Waals surface area contributed by atoms with Crippen LogP contribution in [0.25, 0.3) is 0 Å². The van der Waals surface area contributed by atoms with Crippen molar-refractivity contribution in [2.24, 2.45) is 5.92 Å². The molecule has 2 radical (unpaired) electrons. The Bertz CT molecular complexity index is 291. The molecule has 0 aromatic carbocycles. The maximum Gasteiger partial charge on any atom is 0.109 e. The smallest absolute Gasteiger partial charge is 0.109 e. The van der Waals surface area contributed by atoms with Crippen molar-refractivity contribution in [1.82, 2.24) is 4.67 Å². The molecular formula is C13H27BNO3P. The second-order valence-corrected chi connectivity index (χ2v) is 7.19. The number of nitrogens with zero attached hydrogens (tertiary/aromatic N) is 1. The van der Waals surface area contributed by atoms with Gasteiger partial charge in [-0.2, -0.15) is 0 Å². The first kappa shape index (κ1) is 15.7. The third-order valence-electron chi connectivity index (χ3n) is 3.41. The van der Waals surface area contributed by atoms with E-state index in [9.17, 15) is 5.11 Å². The van der Waals surface area contributed by atoms with Crippen LogP contribution >= 0.6 is 8.30 Å². The maximum atomic E-state index is 9.48.